The Morgan fingerprint density at radius 3 is 2.71 bits per heavy atom. The molecule has 0 spiro atoms. The van der Waals surface area contributed by atoms with Crippen LogP contribution in [0.4, 0.5) is 0 Å². The number of rotatable bonds is 3. The summed E-state index contributed by atoms with van der Waals surface area (Å²) < 4.78 is 1.07. The lowest BCUT2D eigenvalue weighted by molar-refractivity contribution is 0.279. The fraction of sp³-hybridized carbons (Fsp3) is 0.143. The maximum atomic E-state index is 9.35. The van der Waals surface area contributed by atoms with Crippen LogP contribution in [-0.4, -0.2) is 5.11 Å². The van der Waals surface area contributed by atoms with Crippen LogP contribution in [0.25, 0.3) is 0 Å². The highest BCUT2D eigenvalue weighted by Gasteiger charge is 2.04. The average molecular weight is 309 g/mol. The van der Waals surface area contributed by atoms with E-state index in [0.717, 1.165) is 19.8 Å². The van der Waals surface area contributed by atoms with Crippen molar-refractivity contribution in [3.63, 3.8) is 0 Å². The molecule has 0 aromatic heterocycles. The molecule has 0 saturated heterocycles. The number of hydrogen-bond donors (Lipinski definition) is 1. The Morgan fingerprint density at radius 2 is 2.00 bits per heavy atom. The van der Waals surface area contributed by atoms with Crippen LogP contribution in [0.1, 0.15) is 11.1 Å². The quantitative estimate of drug-likeness (QED) is 0.907. The van der Waals surface area contributed by atoms with E-state index < -0.39 is 0 Å². The van der Waals surface area contributed by atoms with Gasteiger partial charge in [-0.15, -0.1) is 0 Å². The summed E-state index contributed by atoms with van der Waals surface area (Å²) in [5, 5.41) is 9.35. The molecule has 0 bridgehead atoms. The second-order valence-electron chi connectivity index (χ2n) is 3.83. The molecule has 2 aromatic carbocycles. The van der Waals surface area contributed by atoms with E-state index in [2.05, 4.69) is 40.2 Å². The summed E-state index contributed by atoms with van der Waals surface area (Å²) in [7, 11) is 0. The largest absolute Gasteiger partial charge is 0.392 e. The molecule has 2 aromatic rings. The molecule has 3 heteroatoms. The lowest BCUT2D eigenvalue weighted by atomic mass is 10.1. The molecule has 0 amide bonds. The third kappa shape index (κ3) is 3.35. The van der Waals surface area contributed by atoms with Gasteiger partial charge in [0.25, 0.3) is 0 Å². The number of benzene rings is 2. The minimum Gasteiger partial charge on any atom is -0.392 e. The zero-order chi connectivity index (χ0) is 12.3. The highest BCUT2D eigenvalue weighted by Crippen LogP contribution is 2.32. The van der Waals surface area contributed by atoms with Gasteiger partial charge in [-0.2, -0.15) is 0 Å². The predicted molar refractivity (Wildman–Crippen MR) is 75.4 cm³/mol. The summed E-state index contributed by atoms with van der Waals surface area (Å²) in [4.78, 5) is 2.27. The Kier molecular flexibility index (Phi) is 4.26. The van der Waals surface area contributed by atoms with Gasteiger partial charge < -0.3 is 5.11 Å². The summed E-state index contributed by atoms with van der Waals surface area (Å²) in [5.74, 6) is 0. The molecule has 2 rings (SSSR count). The Hall–Kier alpha value is -0.770. The minimum absolute atomic E-state index is 0.0814. The van der Waals surface area contributed by atoms with E-state index in [0.29, 0.717) is 0 Å². The molecule has 0 aliphatic heterocycles. The van der Waals surface area contributed by atoms with Crippen molar-refractivity contribution in [1.82, 2.24) is 0 Å². The van der Waals surface area contributed by atoms with Gasteiger partial charge in [-0.05, 0) is 36.8 Å². The van der Waals surface area contributed by atoms with E-state index in [9.17, 15) is 5.11 Å². The highest BCUT2D eigenvalue weighted by molar-refractivity contribution is 9.10. The molecule has 0 saturated carbocycles. The van der Waals surface area contributed by atoms with Gasteiger partial charge in [0.15, 0.2) is 0 Å². The maximum Gasteiger partial charge on any atom is 0.0692 e. The van der Waals surface area contributed by atoms with E-state index in [1.165, 1.54) is 5.56 Å². The number of hydrogen-bond acceptors (Lipinski definition) is 2. The smallest absolute Gasteiger partial charge is 0.0692 e. The molecular formula is C14H13BrOS. The Balaban J connectivity index is 2.29. The minimum atomic E-state index is 0.0814. The van der Waals surface area contributed by atoms with Gasteiger partial charge in [0.2, 0.25) is 0 Å². The number of aryl methyl sites for hydroxylation is 1. The SMILES string of the molecule is Cc1ccc(Sc2cccc(Br)c2)c(CO)c1. The standard InChI is InChI=1S/C14H13BrOS/c1-10-5-6-14(11(7-10)9-16)17-13-4-2-3-12(15)8-13/h2-8,16H,9H2,1H3. The molecule has 0 unspecified atom stereocenters. The first-order chi connectivity index (χ1) is 8.19. The average Bonchev–Trinajstić information content (AvgIpc) is 2.31. The van der Waals surface area contributed by atoms with Gasteiger partial charge in [-0.1, -0.05) is 51.5 Å². The number of halogens is 1. The third-order valence-electron chi connectivity index (χ3n) is 2.41. The van der Waals surface area contributed by atoms with Crippen molar-refractivity contribution < 1.29 is 5.11 Å². The number of aliphatic hydroxyl groups is 1. The predicted octanol–water partition coefficient (Wildman–Crippen LogP) is 4.40. The summed E-state index contributed by atoms with van der Waals surface area (Å²) in [6.45, 7) is 2.12. The Labute approximate surface area is 114 Å². The van der Waals surface area contributed by atoms with E-state index in [1.807, 2.05) is 25.1 Å². The zero-order valence-corrected chi connectivity index (χ0v) is 11.9. The van der Waals surface area contributed by atoms with Gasteiger partial charge in [0.05, 0.1) is 6.61 Å². The summed E-state index contributed by atoms with van der Waals surface area (Å²) in [6, 6.07) is 14.3. The molecule has 0 heterocycles. The lowest BCUT2D eigenvalue weighted by Crippen LogP contribution is -1.88. The van der Waals surface area contributed by atoms with E-state index in [-0.39, 0.29) is 6.61 Å². The van der Waals surface area contributed by atoms with E-state index in [4.69, 9.17) is 0 Å². The van der Waals surface area contributed by atoms with Crippen molar-refractivity contribution in [2.45, 2.75) is 23.3 Å². The van der Waals surface area contributed by atoms with Crippen molar-refractivity contribution in [1.29, 1.82) is 0 Å². The molecule has 0 fully saturated rings. The first-order valence-corrected chi connectivity index (χ1v) is 6.94. The van der Waals surface area contributed by atoms with Crippen LogP contribution in [0, 0.1) is 6.92 Å². The summed E-state index contributed by atoms with van der Waals surface area (Å²) in [5.41, 5.74) is 2.16. The highest BCUT2D eigenvalue weighted by atomic mass is 79.9. The molecule has 1 nitrogen and oxygen atoms in total. The van der Waals surface area contributed by atoms with Crippen LogP contribution in [0.5, 0.6) is 0 Å². The van der Waals surface area contributed by atoms with Crippen molar-refractivity contribution in [3.8, 4) is 0 Å². The van der Waals surface area contributed by atoms with Gasteiger partial charge in [0, 0.05) is 14.3 Å². The van der Waals surface area contributed by atoms with Crippen LogP contribution in [0.15, 0.2) is 56.7 Å². The molecule has 0 atom stereocenters. The van der Waals surface area contributed by atoms with Crippen molar-refractivity contribution >= 4 is 27.7 Å². The zero-order valence-electron chi connectivity index (χ0n) is 9.48. The Bertz CT molecular complexity index is 525. The number of aliphatic hydroxyl groups excluding tert-OH is 1. The first kappa shape index (κ1) is 12.7. The van der Waals surface area contributed by atoms with Crippen LogP contribution in [0.3, 0.4) is 0 Å². The van der Waals surface area contributed by atoms with Crippen LogP contribution < -0.4 is 0 Å². The topological polar surface area (TPSA) is 20.2 Å². The first-order valence-electron chi connectivity index (χ1n) is 5.33. The second kappa shape index (κ2) is 5.71. The van der Waals surface area contributed by atoms with Gasteiger partial charge >= 0.3 is 0 Å². The van der Waals surface area contributed by atoms with Crippen molar-refractivity contribution in [2.24, 2.45) is 0 Å². The lowest BCUT2D eigenvalue weighted by Gasteiger charge is -2.08. The summed E-state index contributed by atoms with van der Waals surface area (Å²) >= 11 is 5.13. The summed E-state index contributed by atoms with van der Waals surface area (Å²) in [6.07, 6.45) is 0. The van der Waals surface area contributed by atoms with Crippen LogP contribution >= 0.6 is 27.7 Å². The maximum absolute atomic E-state index is 9.35. The third-order valence-corrected chi connectivity index (χ3v) is 4.01. The fourth-order valence-electron chi connectivity index (χ4n) is 1.59. The monoisotopic (exact) mass is 308 g/mol. The molecule has 0 radical (unpaired) electrons. The van der Waals surface area contributed by atoms with E-state index in [1.54, 1.807) is 11.8 Å². The molecule has 0 aliphatic carbocycles. The van der Waals surface area contributed by atoms with Crippen molar-refractivity contribution in [3.05, 3.63) is 58.1 Å². The van der Waals surface area contributed by atoms with Gasteiger partial charge in [0.1, 0.15) is 0 Å². The van der Waals surface area contributed by atoms with Crippen LogP contribution in [0.2, 0.25) is 0 Å². The molecule has 17 heavy (non-hydrogen) atoms. The van der Waals surface area contributed by atoms with Gasteiger partial charge in [-0.25, -0.2) is 0 Å². The second-order valence-corrected chi connectivity index (χ2v) is 5.86. The molecule has 0 aliphatic rings. The normalized spacial score (nSPS) is 10.5. The Morgan fingerprint density at radius 1 is 1.18 bits per heavy atom. The van der Waals surface area contributed by atoms with Crippen molar-refractivity contribution in [2.75, 3.05) is 0 Å². The van der Waals surface area contributed by atoms with Gasteiger partial charge in [-0.3, -0.25) is 0 Å². The molecule has 1 N–H and O–H groups in total. The van der Waals surface area contributed by atoms with Crippen LogP contribution in [-0.2, 0) is 6.61 Å². The fourth-order valence-corrected chi connectivity index (χ4v) is 3.12. The molecule has 88 valence electrons. The molecular weight excluding hydrogens is 296 g/mol. The van der Waals surface area contributed by atoms with E-state index >= 15 is 0 Å².